The lowest BCUT2D eigenvalue weighted by Crippen LogP contribution is -2.58. The Labute approximate surface area is 349 Å². The first-order valence-electron chi connectivity index (χ1n) is 20.2. The molecule has 2 fully saturated rings. The van der Waals surface area contributed by atoms with E-state index >= 15 is 0 Å². The molecule has 0 saturated carbocycles. The maximum absolute atomic E-state index is 13.8. The number of ether oxygens (including phenoxy) is 2. The average Bonchev–Trinajstić information content (AvgIpc) is 4.05. The van der Waals surface area contributed by atoms with E-state index < -0.39 is 30.3 Å². The zero-order valence-corrected chi connectivity index (χ0v) is 35.1. The summed E-state index contributed by atoms with van der Waals surface area (Å²) in [7, 11) is 2.53. The molecule has 2 aromatic heterocycles. The van der Waals surface area contributed by atoms with Crippen molar-refractivity contribution < 1.29 is 33.4 Å². The van der Waals surface area contributed by atoms with Gasteiger partial charge in [0.2, 0.25) is 17.7 Å². The highest BCUT2D eigenvalue weighted by atomic mass is 16.5. The topological polar surface area (TPSA) is 195 Å². The second-order valence-corrected chi connectivity index (χ2v) is 15.7. The zero-order chi connectivity index (χ0) is 43.1. The zero-order valence-electron chi connectivity index (χ0n) is 35.1. The summed E-state index contributed by atoms with van der Waals surface area (Å²) in [6.07, 6.45) is 3.75. The molecular weight excluding hydrogens is 767 g/mol. The lowest BCUT2D eigenvalue weighted by atomic mass is 10.0. The van der Waals surface area contributed by atoms with E-state index in [1.165, 1.54) is 21.1 Å². The van der Waals surface area contributed by atoms with Crippen molar-refractivity contribution in [2.45, 2.75) is 71.6 Å². The van der Waals surface area contributed by atoms with Crippen molar-refractivity contribution in [3.05, 3.63) is 83.7 Å². The van der Waals surface area contributed by atoms with Gasteiger partial charge < -0.3 is 44.8 Å². The van der Waals surface area contributed by atoms with Gasteiger partial charge in [0.1, 0.15) is 29.8 Å². The van der Waals surface area contributed by atoms with Gasteiger partial charge in [-0.15, -0.1) is 0 Å². The van der Waals surface area contributed by atoms with Crippen molar-refractivity contribution >= 4 is 29.9 Å². The van der Waals surface area contributed by atoms with Gasteiger partial charge in [-0.2, -0.15) is 0 Å². The minimum Gasteiger partial charge on any atom is -0.453 e. The molecule has 1 unspecified atom stereocenters. The van der Waals surface area contributed by atoms with Crippen LogP contribution in [0.15, 0.2) is 60.9 Å². The Morgan fingerprint density at radius 1 is 0.683 bits per heavy atom. The van der Waals surface area contributed by atoms with E-state index in [4.69, 9.17) is 9.47 Å². The van der Waals surface area contributed by atoms with E-state index in [2.05, 4.69) is 42.4 Å². The maximum atomic E-state index is 13.8. The first-order valence-corrected chi connectivity index (χ1v) is 20.2. The molecule has 6 rings (SSSR count). The number of alkyl carbamates (subject to hydrolysis) is 2. The molecular formula is C44H53N9O7. The molecule has 0 aliphatic carbocycles. The summed E-state index contributed by atoms with van der Waals surface area (Å²) >= 11 is 0. The number of carbonyl (C=O) groups excluding carboxylic acids is 5. The second-order valence-electron chi connectivity index (χ2n) is 15.7. The molecule has 0 spiro atoms. The van der Waals surface area contributed by atoms with Crippen LogP contribution in [0.3, 0.4) is 0 Å². The highest BCUT2D eigenvalue weighted by molar-refractivity contribution is 5.87. The monoisotopic (exact) mass is 819 g/mol. The van der Waals surface area contributed by atoms with Gasteiger partial charge in [-0.1, -0.05) is 63.8 Å². The van der Waals surface area contributed by atoms with E-state index in [0.29, 0.717) is 24.7 Å². The summed E-state index contributed by atoms with van der Waals surface area (Å²) in [6, 6.07) is 13.3. The molecule has 2 aliphatic heterocycles. The normalized spacial score (nSPS) is 17.4. The minimum absolute atomic E-state index is 0.0953. The summed E-state index contributed by atoms with van der Waals surface area (Å²) in [4.78, 5) is 84.9. The second kappa shape index (κ2) is 19.0. The van der Waals surface area contributed by atoms with Crippen LogP contribution in [0, 0.1) is 23.7 Å². The van der Waals surface area contributed by atoms with Gasteiger partial charge in [-0.3, -0.25) is 14.4 Å². The Kier molecular flexibility index (Phi) is 13.6. The third-order valence-electron chi connectivity index (χ3n) is 11.0. The smallest absolute Gasteiger partial charge is 0.407 e. The number of hydrogen-bond acceptors (Lipinski definition) is 9. The van der Waals surface area contributed by atoms with Crippen LogP contribution < -0.4 is 10.6 Å². The number of H-pyrrole nitrogens is 2. The van der Waals surface area contributed by atoms with Gasteiger partial charge >= 0.3 is 12.2 Å². The summed E-state index contributed by atoms with van der Waals surface area (Å²) in [5, 5.41) is 5.34. The molecule has 16 heteroatoms. The molecule has 5 amide bonds. The summed E-state index contributed by atoms with van der Waals surface area (Å²) in [6.45, 7) is 10.5. The van der Waals surface area contributed by atoms with Crippen LogP contribution in [0.25, 0.3) is 22.5 Å². The van der Waals surface area contributed by atoms with Crippen LogP contribution in [0.1, 0.15) is 82.3 Å². The van der Waals surface area contributed by atoms with Gasteiger partial charge in [0.25, 0.3) is 0 Å². The number of aromatic nitrogens is 4. The lowest BCUT2D eigenvalue weighted by Gasteiger charge is -2.42. The number of methoxy groups -OCH3 is 2. The van der Waals surface area contributed by atoms with Crippen molar-refractivity contribution in [2.24, 2.45) is 11.8 Å². The summed E-state index contributed by atoms with van der Waals surface area (Å²) < 4.78 is 9.51. The minimum atomic E-state index is -0.814. The van der Waals surface area contributed by atoms with Crippen LogP contribution in [0.4, 0.5) is 9.59 Å². The fourth-order valence-electron chi connectivity index (χ4n) is 7.55. The quantitative estimate of drug-likeness (QED) is 0.159. The van der Waals surface area contributed by atoms with E-state index in [0.717, 1.165) is 46.5 Å². The van der Waals surface area contributed by atoms with E-state index in [9.17, 15) is 24.0 Å². The molecule has 316 valence electrons. The summed E-state index contributed by atoms with van der Waals surface area (Å²) in [5.41, 5.74) is 5.01. The molecule has 2 aromatic carbocycles. The number of piperazine rings is 1. The van der Waals surface area contributed by atoms with Gasteiger partial charge in [0.15, 0.2) is 0 Å². The highest BCUT2D eigenvalue weighted by Gasteiger charge is 2.40. The number of nitrogens with zero attached hydrogens (tertiary/aromatic N) is 5. The predicted molar refractivity (Wildman–Crippen MR) is 223 cm³/mol. The van der Waals surface area contributed by atoms with Crippen molar-refractivity contribution in [3.63, 3.8) is 0 Å². The largest absolute Gasteiger partial charge is 0.453 e. The third-order valence-corrected chi connectivity index (χ3v) is 11.0. The molecule has 4 atom stereocenters. The standard InChI is InChI=1S/C44H53N9O7/c1-26(2)37(49-43(57)59-6)41(55)52-20-8-9-35(52)39-45-23-33(47-39)31-16-12-29(13-17-31)10-11-30-14-18-32(19-15-30)34-24-46-40(48-34)36-25-51(28(5)54)21-22-53(36)42(56)38(27(3)4)50-44(58)60-7/h12-19,23-24,26-27,35-38H,8-9,20-22,25H2,1-7H3,(H,45,47)(H,46,48)(H,49,57)(H,50,58)/t35-,36-,37?,38-/m0/s1. The first-order chi connectivity index (χ1) is 28.8. The molecule has 2 saturated heterocycles. The van der Waals surface area contributed by atoms with Crippen molar-refractivity contribution in [1.82, 2.24) is 45.3 Å². The molecule has 4 N–H and O–H groups in total. The van der Waals surface area contributed by atoms with Gasteiger partial charge in [-0.05, 0) is 60.1 Å². The fourth-order valence-corrected chi connectivity index (χ4v) is 7.55. The number of likely N-dealkylation sites (tertiary alicyclic amines) is 1. The Bertz CT molecular complexity index is 2240. The third kappa shape index (κ3) is 9.79. The Morgan fingerprint density at radius 3 is 1.57 bits per heavy atom. The van der Waals surface area contributed by atoms with Gasteiger partial charge in [0, 0.05) is 44.2 Å². The molecule has 16 nitrogen and oxygen atoms in total. The van der Waals surface area contributed by atoms with Crippen molar-refractivity contribution in [1.29, 1.82) is 0 Å². The first kappa shape index (κ1) is 43.0. The maximum Gasteiger partial charge on any atom is 0.407 e. The van der Waals surface area contributed by atoms with Crippen LogP contribution in [-0.2, 0) is 23.9 Å². The number of aromatic amines is 2. The number of amides is 5. The van der Waals surface area contributed by atoms with E-state index in [-0.39, 0.29) is 48.7 Å². The lowest BCUT2D eigenvalue weighted by molar-refractivity contribution is -0.144. The van der Waals surface area contributed by atoms with E-state index in [1.807, 2.05) is 76.2 Å². The number of nitrogens with one attached hydrogen (secondary N) is 4. The van der Waals surface area contributed by atoms with Crippen molar-refractivity contribution in [2.75, 3.05) is 40.4 Å². The number of carbonyl (C=O) groups is 5. The summed E-state index contributed by atoms with van der Waals surface area (Å²) in [5.74, 6) is 6.84. The Hall–Kier alpha value is -6.63. The highest BCUT2D eigenvalue weighted by Crippen LogP contribution is 2.33. The van der Waals surface area contributed by atoms with Gasteiger partial charge in [0.05, 0.1) is 44.0 Å². The van der Waals surface area contributed by atoms with Crippen LogP contribution in [-0.4, -0.2) is 117 Å². The number of benzene rings is 2. The molecule has 60 heavy (non-hydrogen) atoms. The Balaban J connectivity index is 1.11. The fraction of sp³-hybridized carbons (Fsp3) is 0.432. The number of rotatable bonds is 10. The SMILES string of the molecule is COC(=O)NC(C(=O)N1CCC[C@H]1c1ncc(-c2ccc(C#Cc3ccc(-c4cnc([C@@H]5CN(C(C)=O)CCN5C(=O)[C@@H](NC(=O)OC)C(C)C)[nH]4)cc3)cc2)[nH]1)C(C)C. The van der Waals surface area contributed by atoms with Crippen LogP contribution in [0.5, 0.6) is 0 Å². The molecule has 0 bridgehead atoms. The van der Waals surface area contributed by atoms with Crippen LogP contribution in [0.2, 0.25) is 0 Å². The van der Waals surface area contributed by atoms with E-state index in [1.54, 1.807) is 27.1 Å². The van der Waals surface area contributed by atoms with Crippen molar-refractivity contribution in [3.8, 4) is 34.4 Å². The molecule has 0 radical (unpaired) electrons. The molecule has 4 heterocycles. The number of hydrogen-bond donors (Lipinski definition) is 4. The predicted octanol–water partition coefficient (Wildman–Crippen LogP) is 5.02. The number of imidazole rings is 2. The van der Waals surface area contributed by atoms with Gasteiger partial charge in [-0.25, -0.2) is 19.6 Å². The molecule has 4 aromatic rings. The van der Waals surface area contributed by atoms with Crippen LogP contribution >= 0.6 is 0 Å². The average molecular weight is 820 g/mol. The molecule has 2 aliphatic rings. The Morgan fingerprint density at radius 2 is 1.13 bits per heavy atom.